The van der Waals surface area contributed by atoms with Crippen molar-refractivity contribution < 1.29 is 14.6 Å². The molecule has 0 amide bonds. The molecule has 11 heavy (non-hydrogen) atoms. The van der Waals surface area contributed by atoms with Crippen molar-refractivity contribution in [2.75, 3.05) is 14.2 Å². The molecule has 62 valence electrons. The van der Waals surface area contributed by atoms with Gasteiger partial charge < -0.3 is 14.6 Å². The summed E-state index contributed by atoms with van der Waals surface area (Å²) >= 11 is 0. The molecule has 1 rings (SSSR count). The molecule has 1 aliphatic rings. The monoisotopic (exact) mass is 156 g/mol. The second kappa shape index (κ2) is 3.44. The van der Waals surface area contributed by atoms with Crippen molar-refractivity contribution in [1.82, 2.24) is 0 Å². The first-order valence-corrected chi connectivity index (χ1v) is 3.46. The van der Waals surface area contributed by atoms with Gasteiger partial charge in [-0.2, -0.15) is 0 Å². The van der Waals surface area contributed by atoms with Crippen LogP contribution < -0.4 is 0 Å². The lowest BCUT2D eigenvalue weighted by Gasteiger charge is -2.18. The van der Waals surface area contributed by atoms with Gasteiger partial charge in [-0.3, -0.25) is 0 Å². The Balaban J connectivity index is 2.78. The molecule has 1 atom stereocenters. The highest BCUT2D eigenvalue weighted by molar-refractivity contribution is 5.23. The Morgan fingerprint density at radius 2 is 2.27 bits per heavy atom. The van der Waals surface area contributed by atoms with E-state index in [4.69, 9.17) is 9.47 Å². The molecular weight excluding hydrogens is 144 g/mol. The average molecular weight is 156 g/mol. The SMILES string of the molecule is COC1=C(O)C(OC)CC=C1. The van der Waals surface area contributed by atoms with Crippen molar-refractivity contribution in [3.63, 3.8) is 0 Å². The Morgan fingerprint density at radius 1 is 1.55 bits per heavy atom. The average Bonchev–Trinajstić information content (AvgIpc) is 2.05. The van der Waals surface area contributed by atoms with Gasteiger partial charge in [-0.1, -0.05) is 6.08 Å². The van der Waals surface area contributed by atoms with Gasteiger partial charge in [0, 0.05) is 7.11 Å². The highest BCUT2D eigenvalue weighted by Crippen LogP contribution is 2.19. The Morgan fingerprint density at radius 3 is 2.82 bits per heavy atom. The molecule has 0 radical (unpaired) electrons. The fourth-order valence-corrected chi connectivity index (χ4v) is 1.03. The van der Waals surface area contributed by atoms with Crippen LogP contribution in [0.4, 0.5) is 0 Å². The van der Waals surface area contributed by atoms with Gasteiger partial charge in [0.15, 0.2) is 11.5 Å². The molecule has 0 bridgehead atoms. The molecule has 0 aromatic rings. The van der Waals surface area contributed by atoms with Crippen LogP contribution in [0.25, 0.3) is 0 Å². The van der Waals surface area contributed by atoms with Crippen LogP contribution in [0, 0.1) is 0 Å². The van der Waals surface area contributed by atoms with Crippen molar-refractivity contribution in [2.45, 2.75) is 12.5 Å². The molecule has 3 heteroatoms. The van der Waals surface area contributed by atoms with Gasteiger partial charge in [-0.15, -0.1) is 0 Å². The summed E-state index contributed by atoms with van der Waals surface area (Å²) in [6, 6.07) is 0. The second-order valence-electron chi connectivity index (χ2n) is 2.32. The summed E-state index contributed by atoms with van der Waals surface area (Å²) in [5.74, 6) is 0.667. The Kier molecular flexibility index (Phi) is 2.54. The fraction of sp³-hybridized carbons (Fsp3) is 0.500. The first kappa shape index (κ1) is 8.14. The molecule has 0 saturated heterocycles. The Labute approximate surface area is 65.9 Å². The maximum absolute atomic E-state index is 9.41. The predicted octanol–water partition coefficient (Wildman–Crippen LogP) is 1.38. The third kappa shape index (κ3) is 1.54. The maximum atomic E-state index is 9.41. The molecule has 1 unspecified atom stereocenters. The third-order valence-corrected chi connectivity index (χ3v) is 1.68. The maximum Gasteiger partial charge on any atom is 0.163 e. The van der Waals surface area contributed by atoms with E-state index >= 15 is 0 Å². The highest BCUT2D eigenvalue weighted by Gasteiger charge is 2.18. The zero-order valence-corrected chi connectivity index (χ0v) is 6.70. The summed E-state index contributed by atoms with van der Waals surface area (Å²) in [7, 11) is 3.08. The summed E-state index contributed by atoms with van der Waals surface area (Å²) in [6.07, 6.45) is 4.11. The molecule has 0 saturated carbocycles. The topological polar surface area (TPSA) is 38.7 Å². The molecule has 0 fully saturated rings. The molecule has 1 N–H and O–H groups in total. The van der Waals surface area contributed by atoms with Crippen LogP contribution in [-0.4, -0.2) is 25.4 Å². The normalized spacial score (nSPS) is 24.0. The summed E-state index contributed by atoms with van der Waals surface area (Å²) in [5.41, 5.74) is 0. The number of rotatable bonds is 2. The van der Waals surface area contributed by atoms with Gasteiger partial charge in [0.1, 0.15) is 6.10 Å². The first-order chi connectivity index (χ1) is 5.29. The van der Waals surface area contributed by atoms with Gasteiger partial charge in [0.25, 0.3) is 0 Å². The van der Waals surface area contributed by atoms with E-state index in [1.807, 2.05) is 6.08 Å². The van der Waals surface area contributed by atoms with Gasteiger partial charge in [0.05, 0.1) is 7.11 Å². The number of hydrogen-bond donors (Lipinski definition) is 1. The van der Waals surface area contributed by atoms with Crippen LogP contribution in [-0.2, 0) is 9.47 Å². The quantitative estimate of drug-likeness (QED) is 0.656. The molecule has 3 nitrogen and oxygen atoms in total. The predicted molar refractivity (Wildman–Crippen MR) is 41.2 cm³/mol. The molecule has 0 heterocycles. The van der Waals surface area contributed by atoms with E-state index in [0.29, 0.717) is 12.2 Å². The minimum Gasteiger partial charge on any atom is -0.506 e. The van der Waals surface area contributed by atoms with E-state index in [1.54, 1.807) is 13.2 Å². The van der Waals surface area contributed by atoms with Crippen LogP contribution in [0.3, 0.4) is 0 Å². The van der Waals surface area contributed by atoms with Crippen LogP contribution in [0.5, 0.6) is 0 Å². The van der Waals surface area contributed by atoms with E-state index in [-0.39, 0.29) is 11.9 Å². The summed E-state index contributed by atoms with van der Waals surface area (Å²) in [6.45, 7) is 0. The molecule has 1 aliphatic carbocycles. The van der Waals surface area contributed by atoms with E-state index in [0.717, 1.165) is 0 Å². The Hall–Kier alpha value is -0.960. The van der Waals surface area contributed by atoms with Crippen molar-refractivity contribution >= 4 is 0 Å². The fourth-order valence-electron chi connectivity index (χ4n) is 1.03. The van der Waals surface area contributed by atoms with Gasteiger partial charge in [-0.25, -0.2) is 0 Å². The van der Waals surface area contributed by atoms with Crippen LogP contribution in [0.15, 0.2) is 23.7 Å². The number of hydrogen-bond acceptors (Lipinski definition) is 3. The molecule has 0 aromatic carbocycles. The summed E-state index contributed by atoms with van der Waals surface area (Å²) in [5, 5.41) is 9.41. The molecular formula is C8H12O3. The van der Waals surface area contributed by atoms with Crippen LogP contribution in [0.1, 0.15) is 6.42 Å². The highest BCUT2D eigenvalue weighted by atomic mass is 16.5. The van der Waals surface area contributed by atoms with Gasteiger partial charge >= 0.3 is 0 Å². The van der Waals surface area contributed by atoms with Gasteiger partial charge in [-0.05, 0) is 12.5 Å². The third-order valence-electron chi connectivity index (χ3n) is 1.68. The standard InChI is InChI=1S/C8H12O3/c1-10-6-4-3-5-7(11-2)8(6)9/h3-4,7,9H,5H2,1-2H3. The lowest BCUT2D eigenvalue weighted by molar-refractivity contribution is 0.0828. The number of methoxy groups -OCH3 is 2. The van der Waals surface area contributed by atoms with Crippen molar-refractivity contribution in [2.24, 2.45) is 0 Å². The van der Waals surface area contributed by atoms with E-state index < -0.39 is 0 Å². The summed E-state index contributed by atoms with van der Waals surface area (Å²) < 4.78 is 9.89. The largest absolute Gasteiger partial charge is 0.506 e. The minimum atomic E-state index is -0.241. The van der Waals surface area contributed by atoms with Crippen molar-refractivity contribution in [1.29, 1.82) is 0 Å². The van der Waals surface area contributed by atoms with Crippen molar-refractivity contribution in [3.05, 3.63) is 23.7 Å². The van der Waals surface area contributed by atoms with Crippen LogP contribution in [0.2, 0.25) is 0 Å². The zero-order valence-electron chi connectivity index (χ0n) is 6.70. The van der Waals surface area contributed by atoms with E-state index in [9.17, 15) is 5.11 Å². The lowest BCUT2D eigenvalue weighted by Crippen LogP contribution is -2.17. The Bertz CT molecular complexity index is 194. The lowest BCUT2D eigenvalue weighted by atomic mass is 10.1. The van der Waals surface area contributed by atoms with Crippen LogP contribution >= 0.6 is 0 Å². The first-order valence-electron chi connectivity index (χ1n) is 3.46. The van der Waals surface area contributed by atoms with E-state index in [1.165, 1.54) is 7.11 Å². The smallest absolute Gasteiger partial charge is 0.163 e. The van der Waals surface area contributed by atoms with Gasteiger partial charge in [0.2, 0.25) is 0 Å². The zero-order chi connectivity index (χ0) is 8.27. The minimum absolute atomic E-state index is 0.178. The second-order valence-corrected chi connectivity index (χ2v) is 2.32. The number of allylic oxidation sites excluding steroid dienone is 1. The van der Waals surface area contributed by atoms with E-state index in [2.05, 4.69) is 0 Å². The molecule has 0 spiro atoms. The number of aliphatic hydroxyl groups is 1. The summed E-state index contributed by atoms with van der Waals surface area (Å²) in [4.78, 5) is 0. The molecule has 0 aliphatic heterocycles. The number of aliphatic hydroxyl groups excluding tert-OH is 1. The molecule has 0 aromatic heterocycles. The van der Waals surface area contributed by atoms with Crippen molar-refractivity contribution in [3.8, 4) is 0 Å². The number of ether oxygens (including phenoxy) is 2.